The molecule has 1 aromatic heterocycles. The van der Waals surface area contributed by atoms with Crippen LogP contribution in [0.25, 0.3) is 0 Å². The van der Waals surface area contributed by atoms with E-state index in [9.17, 15) is 4.79 Å². The quantitative estimate of drug-likeness (QED) is 0.939. The molecule has 2 rings (SSSR count). The molecule has 3 nitrogen and oxygen atoms in total. The Morgan fingerprint density at radius 1 is 1.28 bits per heavy atom. The minimum absolute atomic E-state index is 0.152. The first-order valence-corrected chi connectivity index (χ1v) is 6.46. The highest BCUT2D eigenvalue weighted by Crippen LogP contribution is 2.23. The van der Waals surface area contributed by atoms with Crippen molar-refractivity contribution in [2.75, 3.05) is 0 Å². The third-order valence-corrected chi connectivity index (χ3v) is 3.62. The van der Waals surface area contributed by atoms with E-state index in [2.05, 4.69) is 26.2 Å². The summed E-state index contributed by atoms with van der Waals surface area (Å²) in [5.41, 5.74) is 1.54. The fourth-order valence-electron chi connectivity index (χ4n) is 1.42. The minimum atomic E-state index is -0.152. The van der Waals surface area contributed by atoms with Gasteiger partial charge in [-0.3, -0.25) is 9.78 Å². The fraction of sp³-hybridized carbons (Fsp3) is 0.0769. The summed E-state index contributed by atoms with van der Waals surface area (Å²) in [6.45, 7) is 0.467. The Morgan fingerprint density at radius 2 is 2.00 bits per heavy atom. The maximum Gasteiger partial charge on any atom is 0.251 e. The lowest BCUT2D eigenvalue weighted by Crippen LogP contribution is -2.22. The van der Waals surface area contributed by atoms with E-state index >= 15 is 0 Å². The van der Waals surface area contributed by atoms with Gasteiger partial charge in [0.1, 0.15) is 0 Å². The monoisotopic (exact) mass is 324 g/mol. The van der Waals surface area contributed by atoms with E-state index in [1.165, 1.54) is 0 Å². The molecule has 0 saturated carbocycles. The predicted octanol–water partition coefficient (Wildman–Crippen LogP) is 3.43. The van der Waals surface area contributed by atoms with Gasteiger partial charge in [-0.1, -0.05) is 11.6 Å². The highest BCUT2D eigenvalue weighted by molar-refractivity contribution is 9.10. The molecule has 0 bridgehead atoms. The molecule has 0 unspecified atom stereocenters. The lowest BCUT2D eigenvalue weighted by atomic mass is 10.2. The molecule has 0 atom stereocenters. The van der Waals surface area contributed by atoms with E-state index in [1.807, 2.05) is 12.1 Å². The van der Waals surface area contributed by atoms with Crippen LogP contribution in [0, 0.1) is 0 Å². The molecular weight excluding hydrogens is 316 g/mol. The number of rotatable bonds is 3. The molecule has 0 aliphatic carbocycles. The summed E-state index contributed by atoms with van der Waals surface area (Å²) in [5.74, 6) is -0.152. The molecule has 0 aliphatic heterocycles. The number of aromatic nitrogens is 1. The van der Waals surface area contributed by atoms with Crippen LogP contribution in [0.1, 0.15) is 15.9 Å². The minimum Gasteiger partial charge on any atom is -0.348 e. The van der Waals surface area contributed by atoms with Crippen molar-refractivity contribution in [2.24, 2.45) is 0 Å². The van der Waals surface area contributed by atoms with Gasteiger partial charge in [0.15, 0.2) is 0 Å². The molecule has 0 saturated heterocycles. The number of amides is 1. The van der Waals surface area contributed by atoms with Crippen molar-refractivity contribution in [1.29, 1.82) is 0 Å². The number of hydrogen-bond acceptors (Lipinski definition) is 2. The molecule has 1 aromatic carbocycles. The number of nitrogens with one attached hydrogen (secondary N) is 1. The predicted molar refractivity (Wildman–Crippen MR) is 74.6 cm³/mol. The van der Waals surface area contributed by atoms with Gasteiger partial charge in [-0.15, -0.1) is 0 Å². The lowest BCUT2D eigenvalue weighted by Gasteiger charge is -2.06. The largest absolute Gasteiger partial charge is 0.348 e. The Bertz CT molecular complexity index is 560. The Morgan fingerprint density at radius 3 is 2.67 bits per heavy atom. The number of carbonyl (C=O) groups is 1. The van der Waals surface area contributed by atoms with Crippen molar-refractivity contribution in [2.45, 2.75) is 6.54 Å². The second-order valence-electron chi connectivity index (χ2n) is 3.67. The van der Waals surface area contributed by atoms with Gasteiger partial charge in [-0.2, -0.15) is 0 Å². The molecule has 0 aliphatic rings. The van der Waals surface area contributed by atoms with Crippen LogP contribution in [0.4, 0.5) is 0 Å². The average molecular weight is 326 g/mol. The molecule has 0 radical (unpaired) electrons. The molecule has 5 heteroatoms. The van der Waals surface area contributed by atoms with Gasteiger partial charge in [-0.05, 0) is 51.8 Å². The zero-order chi connectivity index (χ0) is 13.0. The molecular formula is C13H10BrClN2O. The summed E-state index contributed by atoms with van der Waals surface area (Å²) in [7, 11) is 0. The van der Waals surface area contributed by atoms with Crippen LogP contribution < -0.4 is 5.32 Å². The molecule has 0 spiro atoms. The Balaban J connectivity index is 2.02. The SMILES string of the molecule is O=C(NCc1ccncc1)c1ccc(Br)c(Cl)c1. The van der Waals surface area contributed by atoms with Gasteiger partial charge in [-0.25, -0.2) is 0 Å². The highest BCUT2D eigenvalue weighted by Gasteiger charge is 2.07. The number of pyridine rings is 1. The number of halogens is 2. The van der Waals surface area contributed by atoms with Crippen molar-refractivity contribution in [3.63, 3.8) is 0 Å². The van der Waals surface area contributed by atoms with Gasteiger partial charge >= 0.3 is 0 Å². The third kappa shape index (κ3) is 3.31. The molecule has 2 aromatic rings. The number of benzene rings is 1. The van der Waals surface area contributed by atoms with Gasteiger partial charge < -0.3 is 5.32 Å². The summed E-state index contributed by atoms with van der Waals surface area (Å²) < 4.78 is 0.773. The number of nitrogens with zero attached hydrogens (tertiary/aromatic N) is 1. The molecule has 18 heavy (non-hydrogen) atoms. The lowest BCUT2D eigenvalue weighted by molar-refractivity contribution is 0.0951. The van der Waals surface area contributed by atoms with Crippen molar-refractivity contribution < 1.29 is 4.79 Å². The van der Waals surface area contributed by atoms with Gasteiger partial charge in [0.2, 0.25) is 0 Å². The Hall–Kier alpha value is -1.39. The topological polar surface area (TPSA) is 42.0 Å². The molecule has 1 heterocycles. The molecule has 1 amide bonds. The van der Waals surface area contributed by atoms with Crippen molar-refractivity contribution in [3.05, 3.63) is 63.3 Å². The van der Waals surface area contributed by atoms with E-state index < -0.39 is 0 Å². The van der Waals surface area contributed by atoms with Crippen LogP contribution in [-0.2, 0) is 6.54 Å². The fourth-order valence-corrected chi connectivity index (χ4v) is 1.85. The summed E-state index contributed by atoms with van der Waals surface area (Å²) >= 11 is 9.22. The molecule has 1 N–H and O–H groups in total. The van der Waals surface area contributed by atoms with Crippen molar-refractivity contribution in [1.82, 2.24) is 10.3 Å². The Kier molecular flexibility index (Phi) is 4.33. The van der Waals surface area contributed by atoms with Crippen molar-refractivity contribution >= 4 is 33.4 Å². The molecule has 92 valence electrons. The van der Waals surface area contributed by atoms with Gasteiger partial charge in [0.25, 0.3) is 5.91 Å². The number of carbonyl (C=O) groups excluding carboxylic acids is 1. The first-order chi connectivity index (χ1) is 8.66. The number of hydrogen-bond donors (Lipinski definition) is 1. The maximum absolute atomic E-state index is 11.9. The summed E-state index contributed by atoms with van der Waals surface area (Å²) in [6, 6.07) is 8.82. The summed E-state index contributed by atoms with van der Waals surface area (Å²) in [4.78, 5) is 15.8. The van der Waals surface area contributed by atoms with Gasteiger partial charge in [0, 0.05) is 29.0 Å². The first kappa shape index (κ1) is 13.1. The van der Waals surface area contributed by atoms with Crippen LogP contribution in [0.5, 0.6) is 0 Å². The van der Waals surface area contributed by atoms with Crippen LogP contribution in [-0.4, -0.2) is 10.9 Å². The zero-order valence-corrected chi connectivity index (χ0v) is 11.7. The first-order valence-electron chi connectivity index (χ1n) is 5.29. The smallest absolute Gasteiger partial charge is 0.251 e. The maximum atomic E-state index is 11.9. The van der Waals surface area contributed by atoms with E-state index in [4.69, 9.17) is 11.6 Å². The van der Waals surface area contributed by atoms with E-state index in [0.29, 0.717) is 17.1 Å². The van der Waals surface area contributed by atoms with E-state index in [1.54, 1.807) is 30.6 Å². The summed E-state index contributed by atoms with van der Waals surface area (Å²) in [6.07, 6.45) is 3.38. The third-order valence-electron chi connectivity index (χ3n) is 2.38. The highest BCUT2D eigenvalue weighted by atomic mass is 79.9. The zero-order valence-electron chi connectivity index (χ0n) is 9.36. The molecule has 0 fully saturated rings. The van der Waals surface area contributed by atoms with Crippen LogP contribution in [0.2, 0.25) is 5.02 Å². The van der Waals surface area contributed by atoms with E-state index in [-0.39, 0.29) is 5.91 Å². The Labute approximate surface area is 118 Å². The summed E-state index contributed by atoms with van der Waals surface area (Å²) in [5, 5.41) is 3.34. The van der Waals surface area contributed by atoms with Crippen molar-refractivity contribution in [3.8, 4) is 0 Å². The normalized spacial score (nSPS) is 10.1. The van der Waals surface area contributed by atoms with Crippen LogP contribution in [0.3, 0.4) is 0 Å². The average Bonchev–Trinajstić information content (AvgIpc) is 2.40. The second-order valence-corrected chi connectivity index (χ2v) is 4.93. The van der Waals surface area contributed by atoms with E-state index in [0.717, 1.165) is 10.0 Å². The standard InChI is InChI=1S/C13H10BrClN2O/c14-11-2-1-10(7-12(11)15)13(18)17-8-9-3-5-16-6-4-9/h1-7H,8H2,(H,17,18). The van der Waals surface area contributed by atoms with Crippen LogP contribution in [0.15, 0.2) is 47.2 Å². The van der Waals surface area contributed by atoms with Crippen LogP contribution >= 0.6 is 27.5 Å². The van der Waals surface area contributed by atoms with Gasteiger partial charge in [0.05, 0.1) is 5.02 Å². The second kappa shape index (κ2) is 5.98.